The number of rotatable bonds is 9. The number of carbonyl (C=O) groups excluding carboxylic acids is 1. The Morgan fingerprint density at radius 3 is 2.65 bits per heavy atom. The lowest BCUT2D eigenvalue weighted by molar-refractivity contribution is -0.227. The van der Waals surface area contributed by atoms with Gasteiger partial charge in [-0.05, 0) is 12.0 Å². The molecule has 0 radical (unpaired) electrons. The third-order valence-corrected chi connectivity index (χ3v) is 2.37. The van der Waals surface area contributed by atoms with Gasteiger partial charge in [0, 0.05) is 6.42 Å². The van der Waals surface area contributed by atoms with E-state index < -0.39 is 17.9 Å². The van der Waals surface area contributed by atoms with Gasteiger partial charge in [-0.25, -0.2) is 9.79 Å². The first-order valence-electron chi connectivity index (χ1n) is 5.94. The molecule has 0 aliphatic heterocycles. The van der Waals surface area contributed by atoms with Crippen LogP contribution in [0, 0.1) is 0 Å². The Morgan fingerprint density at radius 1 is 1.35 bits per heavy atom. The standard InChI is InChI=1S/C13H16N2O5/c14-12(16)7-6-11(13(17)18)15-9-20-19-8-10-4-2-1-3-5-10/h1-5,9,11H,6-8H2,(H2,14,16)(H,17,18)/b15-9+/t11-/m0/s1. The molecule has 0 aromatic heterocycles. The first-order chi connectivity index (χ1) is 9.59. The number of amides is 1. The molecule has 1 aromatic rings. The van der Waals surface area contributed by atoms with E-state index in [1.807, 2.05) is 30.3 Å². The van der Waals surface area contributed by atoms with Crippen LogP contribution in [-0.2, 0) is 26.0 Å². The van der Waals surface area contributed by atoms with Crippen molar-refractivity contribution >= 4 is 18.3 Å². The van der Waals surface area contributed by atoms with E-state index in [2.05, 4.69) is 9.88 Å². The van der Waals surface area contributed by atoms with Gasteiger partial charge in [-0.2, -0.15) is 4.89 Å². The molecular weight excluding hydrogens is 264 g/mol. The van der Waals surface area contributed by atoms with Crippen LogP contribution in [0.5, 0.6) is 0 Å². The highest BCUT2D eigenvalue weighted by Crippen LogP contribution is 2.03. The quantitative estimate of drug-likeness (QED) is 0.229. The predicted octanol–water partition coefficient (Wildman–Crippen LogP) is 0.882. The molecule has 1 rings (SSSR count). The van der Waals surface area contributed by atoms with Gasteiger partial charge in [-0.3, -0.25) is 4.79 Å². The Morgan fingerprint density at radius 2 is 2.05 bits per heavy atom. The summed E-state index contributed by atoms with van der Waals surface area (Å²) in [6.07, 6.45) is 0.866. The highest BCUT2D eigenvalue weighted by atomic mass is 17.2. The normalized spacial score (nSPS) is 12.2. The number of nitrogens with zero attached hydrogens (tertiary/aromatic N) is 1. The molecule has 0 spiro atoms. The Bertz CT molecular complexity index is 461. The maximum Gasteiger partial charge on any atom is 0.328 e. The largest absolute Gasteiger partial charge is 0.480 e. The van der Waals surface area contributed by atoms with Gasteiger partial charge in [0.05, 0.1) is 0 Å². The van der Waals surface area contributed by atoms with Crippen molar-refractivity contribution in [1.29, 1.82) is 0 Å². The minimum Gasteiger partial charge on any atom is -0.480 e. The predicted molar refractivity (Wildman–Crippen MR) is 70.7 cm³/mol. The Labute approximate surface area is 115 Å². The summed E-state index contributed by atoms with van der Waals surface area (Å²) in [5.41, 5.74) is 5.85. The fourth-order valence-electron chi connectivity index (χ4n) is 1.35. The number of aliphatic carboxylic acids is 1. The molecule has 1 amide bonds. The van der Waals surface area contributed by atoms with Crippen molar-refractivity contribution in [2.45, 2.75) is 25.5 Å². The van der Waals surface area contributed by atoms with Crippen LogP contribution in [0.25, 0.3) is 0 Å². The number of benzene rings is 1. The molecule has 7 heteroatoms. The van der Waals surface area contributed by atoms with Crippen LogP contribution < -0.4 is 5.73 Å². The molecule has 108 valence electrons. The number of carboxylic acid groups (broad SMARTS) is 1. The van der Waals surface area contributed by atoms with E-state index in [1.54, 1.807) is 0 Å². The molecule has 20 heavy (non-hydrogen) atoms. The smallest absolute Gasteiger partial charge is 0.328 e. The van der Waals surface area contributed by atoms with Gasteiger partial charge in [-0.1, -0.05) is 30.3 Å². The fourth-order valence-corrected chi connectivity index (χ4v) is 1.35. The lowest BCUT2D eigenvalue weighted by atomic mass is 10.1. The van der Waals surface area contributed by atoms with Crippen LogP contribution in [0.2, 0.25) is 0 Å². The third-order valence-electron chi connectivity index (χ3n) is 2.37. The summed E-state index contributed by atoms with van der Waals surface area (Å²) in [5.74, 6) is -1.73. The van der Waals surface area contributed by atoms with Crippen molar-refractivity contribution in [1.82, 2.24) is 0 Å². The summed E-state index contributed by atoms with van der Waals surface area (Å²) in [6.45, 7) is 0.214. The number of nitrogens with two attached hydrogens (primary N) is 1. The second kappa shape index (κ2) is 8.65. The molecule has 0 saturated carbocycles. The molecule has 3 N–H and O–H groups in total. The zero-order valence-electron chi connectivity index (χ0n) is 10.8. The van der Waals surface area contributed by atoms with Crippen molar-refractivity contribution < 1.29 is 24.5 Å². The van der Waals surface area contributed by atoms with Gasteiger partial charge >= 0.3 is 5.97 Å². The van der Waals surface area contributed by atoms with Crippen molar-refractivity contribution in [3.63, 3.8) is 0 Å². The topological polar surface area (TPSA) is 111 Å². The Balaban J connectivity index is 2.30. The van der Waals surface area contributed by atoms with Gasteiger partial charge in [0.15, 0.2) is 6.04 Å². The molecule has 0 aliphatic rings. The highest BCUT2D eigenvalue weighted by molar-refractivity contribution is 5.78. The summed E-state index contributed by atoms with van der Waals surface area (Å²) in [7, 11) is 0. The average Bonchev–Trinajstić information content (AvgIpc) is 2.42. The van der Waals surface area contributed by atoms with E-state index in [0.717, 1.165) is 12.0 Å². The van der Waals surface area contributed by atoms with Crippen molar-refractivity contribution in [2.24, 2.45) is 10.7 Å². The number of carbonyl (C=O) groups is 2. The summed E-state index contributed by atoms with van der Waals surface area (Å²) in [5, 5.41) is 8.86. The molecule has 0 unspecified atom stereocenters. The second-order valence-corrected chi connectivity index (χ2v) is 3.96. The summed E-state index contributed by atoms with van der Waals surface area (Å²) in [4.78, 5) is 34.6. The van der Waals surface area contributed by atoms with Crippen LogP contribution in [0.1, 0.15) is 18.4 Å². The van der Waals surface area contributed by atoms with Crippen molar-refractivity contribution in [3.05, 3.63) is 35.9 Å². The molecule has 7 nitrogen and oxygen atoms in total. The van der Waals surface area contributed by atoms with Gasteiger partial charge in [0.25, 0.3) is 0 Å². The van der Waals surface area contributed by atoms with E-state index in [-0.39, 0.29) is 19.4 Å². The monoisotopic (exact) mass is 280 g/mol. The van der Waals surface area contributed by atoms with Crippen LogP contribution in [-0.4, -0.2) is 29.4 Å². The van der Waals surface area contributed by atoms with E-state index in [1.165, 1.54) is 0 Å². The van der Waals surface area contributed by atoms with Crippen LogP contribution in [0.3, 0.4) is 0 Å². The minimum absolute atomic E-state index is 0.0171. The summed E-state index contributed by atoms with van der Waals surface area (Å²) >= 11 is 0. The number of aliphatic imine (C=N–C) groups is 1. The van der Waals surface area contributed by atoms with Gasteiger partial charge in [-0.15, -0.1) is 0 Å². The molecule has 0 fully saturated rings. The van der Waals surface area contributed by atoms with Gasteiger partial charge < -0.3 is 15.7 Å². The Hall–Kier alpha value is -2.41. The van der Waals surface area contributed by atoms with E-state index in [9.17, 15) is 9.59 Å². The highest BCUT2D eigenvalue weighted by Gasteiger charge is 2.16. The third kappa shape index (κ3) is 6.50. The number of hydrogen-bond acceptors (Lipinski definition) is 5. The summed E-state index contributed by atoms with van der Waals surface area (Å²) < 4.78 is 0. The maximum absolute atomic E-state index is 10.8. The van der Waals surface area contributed by atoms with Crippen molar-refractivity contribution in [3.8, 4) is 0 Å². The van der Waals surface area contributed by atoms with E-state index in [0.29, 0.717) is 0 Å². The number of hydrogen-bond donors (Lipinski definition) is 2. The molecule has 0 heterocycles. The molecule has 0 bridgehead atoms. The second-order valence-electron chi connectivity index (χ2n) is 3.96. The molecule has 1 aromatic carbocycles. The SMILES string of the molecule is NC(=O)CC[C@H](/N=C/OOCc1ccccc1)C(=O)O. The fraction of sp³-hybridized carbons (Fsp3) is 0.308. The van der Waals surface area contributed by atoms with Crippen LogP contribution in [0.15, 0.2) is 35.3 Å². The lowest BCUT2D eigenvalue weighted by Crippen LogP contribution is -2.21. The molecular formula is C13H16N2O5. The lowest BCUT2D eigenvalue weighted by Gasteiger charge is -2.05. The van der Waals surface area contributed by atoms with E-state index >= 15 is 0 Å². The zero-order chi connectivity index (χ0) is 14.8. The molecule has 0 aliphatic carbocycles. The molecule has 0 saturated heterocycles. The van der Waals surface area contributed by atoms with Gasteiger partial charge in [0.1, 0.15) is 6.61 Å². The zero-order valence-corrected chi connectivity index (χ0v) is 10.8. The maximum atomic E-state index is 10.8. The van der Waals surface area contributed by atoms with Crippen molar-refractivity contribution in [2.75, 3.05) is 0 Å². The first kappa shape index (κ1) is 15.6. The Kier molecular flexibility index (Phi) is 6.77. The van der Waals surface area contributed by atoms with E-state index in [4.69, 9.17) is 15.7 Å². The van der Waals surface area contributed by atoms with Gasteiger partial charge in [0.2, 0.25) is 12.3 Å². The average molecular weight is 280 g/mol. The summed E-state index contributed by atoms with van der Waals surface area (Å²) in [6, 6.07) is 8.22. The minimum atomic E-state index is -1.16. The molecule has 1 atom stereocenters. The number of carboxylic acids is 1. The van der Waals surface area contributed by atoms with Crippen LogP contribution >= 0.6 is 0 Å². The first-order valence-corrected chi connectivity index (χ1v) is 5.94. The van der Waals surface area contributed by atoms with Crippen LogP contribution in [0.4, 0.5) is 0 Å². The number of primary amides is 1.